The van der Waals surface area contributed by atoms with E-state index in [1.54, 1.807) is 19.2 Å². The average Bonchev–Trinajstić information content (AvgIpc) is 2.54. The zero-order valence-corrected chi connectivity index (χ0v) is 16.9. The summed E-state index contributed by atoms with van der Waals surface area (Å²) < 4.78 is 33.3. The molecule has 0 saturated carbocycles. The highest BCUT2D eigenvalue weighted by Crippen LogP contribution is 2.28. The second-order valence-corrected chi connectivity index (χ2v) is 8.66. The molecule has 1 aromatic rings. The standard InChI is InChI=1S/C17H29N3O3S.ClH/c1-20(2)12-15-4-6-16(7-5-15)24(21,22)19-13-17(14-23-3)8-10-18-11-9-17;/h4-7,18-19H,8-14H2,1-3H3;1H. The van der Waals surface area contributed by atoms with Crippen molar-refractivity contribution in [2.24, 2.45) is 5.41 Å². The number of hydrogen-bond acceptors (Lipinski definition) is 5. The summed E-state index contributed by atoms with van der Waals surface area (Å²) in [6, 6.07) is 7.08. The van der Waals surface area contributed by atoms with Crippen LogP contribution in [0.2, 0.25) is 0 Å². The Bertz CT molecular complexity index is 609. The summed E-state index contributed by atoms with van der Waals surface area (Å²) in [4.78, 5) is 2.36. The van der Waals surface area contributed by atoms with E-state index in [9.17, 15) is 8.42 Å². The van der Waals surface area contributed by atoms with Gasteiger partial charge in [0, 0.05) is 25.6 Å². The molecule has 1 aliphatic heterocycles. The Morgan fingerprint density at radius 3 is 2.32 bits per heavy atom. The van der Waals surface area contributed by atoms with Gasteiger partial charge in [0.1, 0.15) is 0 Å². The summed E-state index contributed by atoms with van der Waals surface area (Å²) in [5.74, 6) is 0. The molecule has 144 valence electrons. The van der Waals surface area contributed by atoms with E-state index in [0.717, 1.165) is 38.0 Å². The molecule has 2 rings (SSSR count). The summed E-state index contributed by atoms with van der Waals surface area (Å²) in [6.07, 6.45) is 1.82. The molecule has 0 aliphatic carbocycles. The number of nitrogens with zero attached hydrogens (tertiary/aromatic N) is 1. The average molecular weight is 392 g/mol. The first-order valence-electron chi connectivity index (χ1n) is 8.30. The topological polar surface area (TPSA) is 70.7 Å². The van der Waals surface area contributed by atoms with Gasteiger partial charge in [-0.1, -0.05) is 12.1 Å². The Labute approximate surface area is 157 Å². The molecule has 25 heavy (non-hydrogen) atoms. The number of benzene rings is 1. The van der Waals surface area contributed by atoms with E-state index in [1.807, 2.05) is 31.1 Å². The molecule has 2 N–H and O–H groups in total. The lowest BCUT2D eigenvalue weighted by Gasteiger charge is -2.37. The van der Waals surface area contributed by atoms with Crippen LogP contribution in [0.3, 0.4) is 0 Å². The van der Waals surface area contributed by atoms with Crippen LogP contribution in [0.5, 0.6) is 0 Å². The molecule has 0 spiro atoms. The first kappa shape index (κ1) is 22.3. The third kappa shape index (κ3) is 6.51. The molecule has 0 amide bonds. The largest absolute Gasteiger partial charge is 0.384 e. The Balaban J connectivity index is 0.00000312. The summed E-state index contributed by atoms with van der Waals surface area (Å²) >= 11 is 0. The van der Waals surface area contributed by atoms with Gasteiger partial charge in [0.15, 0.2) is 0 Å². The van der Waals surface area contributed by atoms with Gasteiger partial charge in [-0.15, -0.1) is 12.4 Å². The first-order chi connectivity index (χ1) is 11.4. The maximum atomic E-state index is 12.6. The smallest absolute Gasteiger partial charge is 0.240 e. The lowest BCUT2D eigenvalue weighted by Crippen LogP contribution is -2.47. The minimum absolute atomic E-state index is 0. The minimum Gasteiger partial charge on any atom is -0.384 e. The van der Waals surface area contributed by atoms with E-state index in [-0.39, 0.29) is 17.8 Å². The molecule has 0 bridgehead atoms. The van der Waals surface area contributed by atoms with E-state index in [2.05, 4.69) is 10.0 Å². The highest BCUT2D eigenvalue weighted by Gasteiger charge is 2.33. The van der Waals surface area contributed by atoms with E-state index >= 15 is 0 Å². The Morgan fingerprint density at radius 2 is 1.80 bits per heavy atom. The number of hydrogen-bond donors (Lipinski definition) is 2. The highest BCUT2D eigenvalue weighted by atomic mass is 35.5. The van der Waals surface area contributed by atoms with Crippen LogP contribution in [0.1, 0.15) is 18.4 Å². The van der Waals surface area contributed by atoms with Crippen LogP contribution in [0.4, 0.5) is 0 Å². The summed E-state index contributed by atoms with van der Waals surface area (Å²) in [5.41, 5.74) is 0.964. The zero-order valence-electron chi connectivity index (χ0n) is 15.2. The van der Waals surface area contributed by atoms with Crippen molar-refractivity contribution < 1.29 is 13.2 Å². The van der Waals surface area contributed by atoms with Crippen molar-refractivity contribution in [3.8, 4) is 0 Å². The fraction of sp³-hybridized carbons (Fsp3) is 0.647. The highest BCUT2D eigenvalue weighted by molar-refractivity contribution is 7.89. The first-order valence-corrected chi connectivity index (χ1v) is 9.78. The van der Waals surface area contributed by atoms with Crippen LogP contribution in [0.25, 0.3) is 0 Å². The molecule has 1 heterocycles. The van der Waals surface area contributed by atoms with Crippen molar-refractivity contribution in [1.82, 2.24) is 14.9 Å². The molecule has 0 unspecified atom stereocenters. The van der Waals surface area contributed by atoms with Crippen LogP contribution in [-0.4, -0.2) is 60.8 Å². The molecular weight excluding hydrogens is 362 g/mol. The fourth-order valence-corrected chi connectivity index (χ4v) is 4.26. The summed E-state index contributed by atoms with van der Waals surface area (Å²) in [5, 5.41) is 3.31. The van der Waals surface area contributed by atoms with Gasteiger partial charge >= 0.3 is 0 Å². The van der Waals surface area contributed by atoms with Crippen molar-refractivity contribution in [1.29, 1.82) is 0 Å². The molecular formula is C17H30ClN3O3S. The van der Waals surface area contributed by atoms with E-state index in [4.69, 9.17) is 4.74 Å². The van der Waals surface area contributed by atoms with Gasteiger partial charge in [-0.2, -0.15) is 0 Å². The molecule has 1 fully saturated rings. The van der Waals surface area contributed by atoms with Crippen molar-refractivity contribution in [3.05, 3.63) is 29.8 Å². The Kier molecular flexibility index (Phi) is 8.80. The maximum absolute atomic E-state index is 12.6. The Morgan fingerprint density at radius 1 is 1.20 bits per heavy atom. The SMILES string of the molecule is COCC1(CNS(=O)(=O)c2ccc(CN(C)C)cc2)CCNCC1.Cl. The van der Waals surface area contributed by atoms with E-state index < -0.39 is 10.0 Å². The van der Waals surface area contributed by atoms with Gasteiger partial charge in [-0.05, 0) is 57.7 Å². The van der Waals surface area contributed by atoms with Gasteiger partial charge in [0.25, 0.3) is 0 Å². The number of sulfonamides is 1. The molecule has 1 aliphatic rings. The molecule has 1 saturated heterocycles. The van der Waals surface area contributed by atoms with Gasteiger partial charge in [0.2, 0.25) is 10.0 Å². The predicted molar refractivity (Wildman–Crippen MR) is 103 cm³/mol. The van der Waals surface area contributed by atoms with Crippen molar-refractivity contribution in [2.45, 2.75) is 24.3 Å². The van der Waals surface area contributed by atoms with Gasteiger partial charge in [-0.25, -0.2) is 13.1 Å². The summed E-state index contributed by atoms with van der Waals surface area (Å²) in [7, 11) is 2.14. The van der Waals surface area contributed by atoms with Crippen LogP contribution in [-0.2, 0) is 21.3 Å². The van der Waals surface area contributed by atoms with Gasteiger partial charge in [-0.3, -0.25) is 0 Å². The fourth-order valence-electron chi connectivity index (χ4n) is 3.11. The van der Waals surface area contributed by atoms with Gasteiger partial charge < -0.3 is 15.0 Å². The third-order valence-electron chi connectivity index (χ3n) is 4.48. The van der Waals surface area contributed by atoms with Crippen molar-refractivity contribution in [2.75, 3.05) is 47.4 Å². The molecule has 8 heteroatoms. The molecule has 1 aromatic carbocycles. The van der Waals surface area contributed by atoms with E-state index in [1.165, 1.54) is 0 Å². The molecule has 0 radical (unpaired) electrons. The predicted octanol–water partition coefficient (Wildman–Crippen LogP) is 1.46. The monoisotopic (exact) mass is 391 g/mol. The normalized spacial score (nSPS) is 17.3. The molecule has 0 atom stereocenters. The quantitative estimate of drug-likeness (QED) is 0.702. The van der Waals surface area contributed by atoms with Crippen LogP contribution in [0, 0.1) is 5.41 Å². The van der Waals surface area contributed by atoms with E-state index in [0.29, 0.717) is 18.0 Å². The van der Waals surface area contributed by atoms with Crippen LogP contribution >= 0.6 is 12.4 Å². The second-order valence-electron chi connectivity index (χ2n) is 6.89. The zero-order chi connectivity index (χ0) is 17.6. The number of piperidine rings is 1. The Hall–Kier alpha value is -0.700. The summed E-state index contributed by atoms with van der Waals surface area (Å²) in [6.45, 7) is 3.55. The van der Waals surface area contributed by atoms with Crippen molar-refractivity contribution >= 4 is 22.4 Å². The number of nitrogens with one attached hydrogen (secondary N) is 2. The number of ether oxygens (including phenoxy) is 1. The second kappa shape index (κ2) is 9.85. The maximum Gasteiger partial charge on any atom is 0.240 e. The van der Waals surface area contributed by atoms with Crippen LogP contribution in [0.15, 0.2) is 29.2 Å². The van der Waals surface area contributed by atoms with Gasteiger partial charge in [0.05, 0.1) is 11.5 Å². The third-order valence-corrected chi connectivity index (χ3v) is 5.90. The molecule has 0 aromatic heterocycles. The van der Waals surface area contributed by atoms with Crippen molar-refractivity contribution in [3.63, 3.8) is 0 Å². The van der Waals surface area contributed by atoms with Crippen LogP contribution < -0.4 is 10.0 Å². The lowest BCUT2D eigenvalue weighted by atomic mass is 9.80. The number of rotatable bonds is 8. The molecule has 6 nitrogen and oxygen atoms in total. The minimum atomic E-state index is -3.50. The number of methoxy groups -OCH3 is 1. The number of halogens is 1. The lowest BCUT2D eigenvalue weighted by molar-refractivity contribution is 0.0577.